The topological polar surface area (TPSA) is 171 Å². The van der Waals surface area contributed by atoms with Crippen molar-refractivity contribution in [1.82, 2.24) is 4.90 Å². The van der Waals surface area contributed by atoms with Gasteiger partial charge in [0.05, 0.1) is 18.7 Å². The molecule has 3 aliphatic rings. The summed E-state index contributed by atoms with van der Waals surface area (Å²) in [7, 11) is 4.80. The van der Waals surface area contributed by atoms with Crippen LogP contribution in [0.2, 0.25) is 0 Å². The van der Waals surface area contributed by atoms with Crippen LogP contribution in [0.3, 0.4) is 0 Å². The number of nitrogens with zero attached hydrogens (tertiary/aromatic N) is 1. The fourth-order valence-corrected chi connectivity index (χ4v) is 6.62. The van der Waals surface area contributed by atoms with E-state index in [2.05, 4.69) is 0 Å². The number of Topliss-reactive ketones (excluding diaryl/α,β-unsaturated/α-hetero) is 2. The highest BCUT2D eigenvalue weighted by Crippen LogP contribution is 2.52. The maximum atomic E-state index is 13.8. The molecule has 3 aliphatic carbocycles. The maximum absolute atomic E-state index is 13.8. The highest BCUT2D eigenvalue weighted by atomic mass is 16.5. The van der Waals surface area contributed by atoms with Crippen LogP contribution in [-0.2, 0) is 28.9 Å². The largest absolute Gasteiger partial charge is 0.510 e. The number of ketones is 2. The molecule has 1 amide bonds. The summed E-state index contributed by atoms with van der Waals surface area (Å²) in [5.41, 5.74) is 4.33. The van der Waals surface area contributed by atoms with E-state index < -0.39 is 58.0 Å². The van der Waals surface area contributed by atoms with Gasteiger partial charge in [-0.05, 0) is 80.6 Å². The maximum Gasteiger partial charge on any atom is 0.255 e. The van der Waals surface area contributed by atoms with Crippen LogP contribution < -0.4 is 10.5 Å². The Kier molecular flexibility index (Phi) is 6.71. The van der Waals surface area contributed by atoms with Gasteiger partial charge in [-0.3, -0.25) is 19.3 Å². The predicted octanol–water partition coefficient (Wildman–Crippen LogP) is 1.91. The van der Waals surface area contributed by atoms with Crippen LogP contribution >= 0.6 is 0 Å². The van der Waals surface area contributed by atoms with Crippen LogP contribution in [0.25, 0.3) is 0 Å². The van der Waals surface area contributed by atoms with Crippen molar-refractivity contribution in [3.05, 3.63) is 81.3 Å². The molecule has 210 valence electrons. The van der Waals surface area contributed by atoms with E-state index in [1.807, 2.05) is 24.3 Å². The predicted molar refractivity (Wildman–Crippen MR) is 144 cm³/mol. The minimum absolute atomic E-state index is 0.0213. The number of aromatic hydroxyl groups is 1. The van der Waals surface area contributed by atoms with E-state index in [9.17, 15) is 34.8 Å². The fourth-order valence-electron chi connectivity index (χ4n) is 6.62. The Bertz CT molecular complexity index is 1490. The first-order chi connectivity index (χ1) is 18.9. The number of methoxy groups -OCH3 is 1. The van der Waals surface area contributed by atoms with E-state index >= 15 is 0 Å². The molecule has 6 N–H and O–H groups in total. The van der Waals surface area contributed by atoms with Gasteiger partial charge in [0.1, 0.15) is 28.6 Å². The van der Waals surface area contributed by atoms with Crippen molar-refractivity contribution in [3.8, 4) is 11.5 Å². The van der Waals surface area contributed by atoms with E-state index in [-0.39, 0.29) is 29.7 Å². The third-order valence-electron chi connectivity index (χ3n) is 8.55. The Hall–Kier alpha value is -4.15. The first kappa shape index (κ1) is 27.4. The number of hydrogen-bond donors (Lipinski definition) is 5. The van der Waals surface area contributed by atoms with Crippen LogP contribution in [0, 0.1) is 11.8 Å². The summed E-state index contributed by atoms with van der Waals surface area (Å²) < 4.78 is 5.21. The summed E-state index contributed by atoms with van der Waals surface area (Å²) in [6, 6.07) is 9.84. The number of likely N-dealkylation sites (N-methyl/N-ethyl adjacent to an activating group) is 1. The fraction of sp³-hybridized carbons (Fsp3) is 0.367. The minimum Gasteiger partial charge on any atom is -0.510 e. The van der Waals surface area contributed by atoms with E-state index in [1.54, 1.807) is 27.3 Å². The average molecular weight is 549 g/mol. The van der Waals surface area contributed by atoms with Gasteiger partial charge in [-0.2, -0.15) is 0 Å². The number of rotatable bonds is 6. The van der Waals surface area contributed by atoms with Gasteiger partial charge in [0.2, 0.25) is 5.78 Å². The molecule has 5 rings (SSSR count). The molecule has 0 bridgehead atoms. The zero-order valence-electron chi connectivity index (χ0n) is 22.5. The van der Waals surface area contributed by atoms with E-state index in [4.69, 9.17) is 10.5 Å². The molecule has 0 radical (unpaired) electrons. The number of aliphatic hydroxyl groups excluding tert-OH is 2. The number of carbonyl (C=O) groups is 3. The molecule has 0 fully saturated rings. The van der Waals surface area contributed by atoms with Crippen LogP contribution in [-0.4, -0.2) is 75.6 Å². The van der Waals surface area contributed by atoms with E-state index in [1.165, 1.54) is 11.0 Å². The van der Waals surface area contributed by atoms with Crippen molar-refractivity contribution in [2.45, 2.75) is 37.3 Å². The monoisotopic (exact) mass is 548 g/mol. The van der Waals surface area contributed by atoms with E-state index in [0.717, 1.165) is 16.9 Å². The van der Waals surface area contributed by atoms with Gasteiger partial charge < -0.3 is 30.9 Å². The number of fused-ring (bicyclic) bond motifs is 3. The molecule has 4 unspecified atom stereocenters. The molecule has 0 aliphatic heterocycles. The van der Waals surface area contributed by atoms with Crippen molar-refractivity contribution in [3.63, 3.8) is 0 Å². The number of ether oxygens (including phenoxy) is 1. The van der Waals surface area contributed by atoms with Gasteiger partial charge in [0.15, 0.2) is 11.4 Å². The normalized spacial score (nSPS) is 26.0. The second-order valence-electron chi connectivity index (χ2n) is 10.9. The molecular formula is C30H32N2O8. The number of amides is 1. The molecule has 2 aromatic carbocycles. The lowest BCUT2D eigenvalue weighted by molar-refractivity contribution is -0.148. The third kappa shape index (κ3) is 3.98. The highest BCUT2D eigenvalue weighted by Gasteiger charge is 2.63. The number of primary amides is 1. The molecule has 0 aromatic heterocycles. The molecule has 0 spiro atoms. The number of aryl methyl sites for hydroxylation is 2. The second kappa shape index (κ2) is 9.79. The summed E-state index contributed by atoms with van der Waals surface area (Å²) in [5, 5.41) is 44.7. The summed E-state index contributed by atoms with van der Waals surface area (Å²) in [4.78, 5) is 40.8. The third-order valence-corrected chi connectivity index (χ3v) is 8.55. The van der Waals surface area contributed by atoms with Gasteiger partial charge in [-0.15, -0.1) is 0 Å². The number of allylic oxidation sites excluding steroid dienone is 1. The Balaban J connectivity index is 1.58. The number of benzene rings is 2. The first-order valence-corrected chi connectivity index (χ1v) is 13.0. The quantitative estimate of drug-likeness (QED) is 0.338. The van der Waals surface area contributed by atoms with Crippen molar-refractivity contribution >= 4 is 17.5 Å². The number of phenolic OH excluding ortho intramolecular Hbond substituents is 1. The van der Waals surface area contributed by atoms with Crippen LogP contribution in [0.5, 0.6) is 11.5 Å². The SMILES string of the molecule is COc1ccc(CCc2ccc(O)c3c2CC2CC4C(N(C)C)C(O)=C(C(N)=O)C(=O)C4(O)C(O)=C2C3=O)cc1. The van der Waals surface area contributed by atoms with Crippen molar-refractivity contribution in [1.29, 1.82) is 0 Å². The van der Waals surface area contributed by atoms with Gasteiger partial charge in [0.25, 0.3) is 5.91 Å². The summed E-state index contributed by atoms with van der Waals surface area (Å²) >= 11 is 0. The molecule has 10 nitrogen and oxygen atoms in total. The lowest BCUT2D eigenvalue weighted by Crippen LogP contribution is -2.63. The summed E-state index contributed by atoms with van der Waals surface area (Å²) in [6.07, 6.45) is 1.57. The van der Waals surface area contributed by atoms with Gasteiger partial charge in [-0.25, -0.2) is 0 Å². The average Bonchev–Trinajstić information content (AvgIpc) is 2.90. The van der Waals surface area contributed by atoms with Crippen molar-refractivity contribution in [2.24, 2.45) is 17.6 Å². The number of aliphatic hydroxyl groups is 3. The zero-order chi connectivity index (χ0) is 29.1. The number of hydrogen-bond acceptors (Lipinski definition) is 9. The molecule has 0 saturated heterocycles. The van der Waals surface area contributed by atoms with Crippen LogP contribution in [0.1, 0.15) is 33.5 Å². The van der Waals surface area contributed by atoms with E-state index in [0.29, 0.717) is 18.4 Å². The Morgan fingerprint density at radius 1 is 1.07 bits per heavy atom. The van der Waals surface area contributed by atoms with Crippen molar-refractivity contribution in [2.75, 3.05) is 21.2 Å². The molecule has 4 atom stereocenters. The van der Waals surface area contributed by atoms with Gasteiger partial charge >= 0.3 is 0 Å². The molecule has 0 heterocycles. The highest BCUT2D eigenvalue weighted by molar-refractivity contribution is 6.24. The molecular weight excluding hydrogens is 516 g/mol. The standard InChI is InChI=1S/C30H32N2O8/c1-32(2)24-19-13-16-12-18-15(7-4-14-5-9-17(40-3)10-6-14)8-11-20(33)22(18)25(34)21(16)27(36)30(19,39)28(37)23(26(24)35)29(31)38/h5-6,8-11,16,19,24,33,35-36,39H,4,7,12-13H2,1-3H3,(H2,31,38). The van der Waals surface area contributed by atoms with Gasteiger partial charge in [-0.1, -0.05) is 18.2 Å². The number of phenols is 1. The second-order valence-corrected chi connectivity index (χ2v) is 10.9. The van der Waals surface area contributed by atoms with Crippen molar-refractivity contribution < 1.29 is 39.5 Å². The lowest BCUT2D eigenvalue weighted by Gasteiger charge is -2.50. The first-order valence-electron chi connectivity index (χ1n) is 13.0. The molecule has 2 aromatic rings. The number of carbonyl (C=O) groups excluding carboxylic acids is 3. The smallest absolute Gasteiger partial charge is 0.255 e. The Morgan fingerprint density at radius 3 is 2.35 bits per heavy atom. The molecule has 0 saturated carbocycles. The summed E-state index contributed by atoms with van der Waals surface area (Å²) in [6.45, 7) is 0. The summed E-state index contributed by atoms with van der Waals surface area (Å²) in [5.74, 6) is -5.82. The lowest BCUT2D eigenvalue weighted by atomic mass is 9.58. The van der Waals surface area contributed by atoms with Gasteiger partial charge in [0, 0.05) is 11.5 Å². The Morgan fingerprint density at radius 2 is 1.75 bits per heavy atom. The van der Waals surface area contributed by atoms with Crippen LogP contribution in [0.4, 0.5) is 0 Å². The molecule has 10 heteroatoms. The zero-order valence-corrected chi connectivity index (χ0v) is 22.5. The van der Waals surface area contributed by atoms with Crippen LogP contribution in [0.15, 0.2) is 59.1 Å². The number of nitrogens with two attached hydrogens (primary N) is 1. The Labute approximate surface area is 231 Å². The minimum atomic E-state index is -2.65. The molecule has 40 heavy (non-hydrogen) atoms.